The van der Waals surface area contributed by atoms with Crippen molar-refractivity contribution in [3.63, 3.8) is 0 Å². The molecule has 0 radical (unpaired) electrons. The van der Waals surface area contributed by atoms with Crippen LogP contribution < -0.4 is 4.74 Å². The molecular formula is C14H21NO2. The first-order valence-electron chi connectivity index (χ1n) is 6.32. The van der Waals surface area contributed by atoms with Crippen molar-refractivity contribution in [1.29, 1.82) is 0 Å². The minimum absolute atomic E-state index is 0.0662. The standard InChI is InChI=1S/C14H21NO2/c1-15-8-6-13(7-9-15)12-2-4-14(5-3-12)17-11-10-16/h2-5,13,16H,6-11H2,1H3. The molecule has 0 unspecified atom stereocenters. The number of aliphatic hydroxyl groups is 1. The van der Waals surface area contributed by atoms with Gasteiger partial charge in [0.05, 0.1) is 6.61 Å². The zero-order valence-electron chi connectivity index (χ0n) is 10.4. The Kier molecular flexibility index (Phi) is 4.40. The normalized spacial score (nSPS) is 18.2. The number of likely N-dealkylation sites (tertiary alicyclic amines) is 1. The minimum Gasteiger partial charge on any atom is -0.491 e. The molecule has 3 heteroatoms. The van der Waals surface area contributed by atoms with Gasteiger partial charge in [-0.2, -0.15) is 0 Å². The molecule has 1 heterocycles. The molecule has 0 saturated carbocycles. The van der Waals surface area contributed by atoms with Crippen molar-refractivity contribution in [2.75, 3.05) is 33.4 Å². The second-order valence-electron chi connectivity index (χ2n) is 4.72. The molecule has 0 bridgehead atoms. The number of benzene rings is 1. The van der Waals surface area contributed by atoms with Crippen LogP contribution in [0, 0.1) is 0 Å². The van der Waals surface area contributed by atoms with Gasteiger partial charge in [-0.15, -0.1) is 0 Å². The fourth-order valence-electron chi connectivity index (χ4n) is 2.34. The van der Waals surface area contributed by atoms with Gasteiger partial charge in [-0.3, -0.25) is 0 Å². The zero-order chi connectivity index (χ0) is 12.1. The number of nitrogens with zero attached hydrogens (tertiary/aromatic N) is 1. The number of piperidine rings is 1. The summed E-state index contributed by atoms with van der Waals surface area (Å²) in [5, 5.41) is 8.68. The third-order valence-electron chi connectivity index (χ3n) is 3.43. The zero-order valence-corrected chi connectivity index (χ0v) is 10.4. The van der Waals surface area contributed by atoms with Crippen molar-refractivity contribution in [3.05, 3.63) is 29.8 Å². The molecule has 1 N–H and O–H groups in total. The Morgan fingerprint density at radius 3 is 2.47 bits per heavy atom. The molecule has 3 nitrogen and oxygen atoms in total. The highest BCUT2D eigenvalue weighted by Crippen LogP contribution is 2.28. The summed E-state index contributed by atoms with van der Waals surface area (Å²) in [5.41, 5.74) is 1.41. The second-order valence-corrected chi connectivity index (χ2v) is 4.72. The lowest BCUT2D eigenvalue weighted by Crippen LogP contribution is -2.29. The Bertz CT molecular complexity index is 329. The highest BCUT2D eigenvalue weighted by Gasteiger charge is 2.17. The Morgan fingerprint density at radius 2 is 1.88 bits per heavy atom. The van der Waals surface area contributed by atoms with Gasteiger partial charge in [0, 0.05) is 0 Å². The fraction of sp³-hybridized carbons (Fsp3) is 0.571. The summed E-state index contributed by atoms with van der Waals surface area (Å²) in [4.78, 5) is 2.38. The van der Waals surface area contributed by atoms with Crippen molar-refractivity contribution >= 4 is 0 Å². The number of hydrogen-bond acceptors (Lipinski definition) is 3. The SMILES string of the molecule is CN1CCC(c2ccc(OCCO)cc2)CC1. The van der Waals surface area contributed by atoms with Crippen molar-refractivity contribution < 1.29 is 9.84 Å². The van der Waals surface area contributed by atoms with Crippen molar-refractivity contribution in [1.82, 2.24) is 4.90 Å². The first kappa shape index (κ1) is 12.4. The van der Waals surface area contributed by atoms with Crippen LogP contribution in [-0.2, 0) is 0 Å². The lowest BCUT2D eigenvalue weighted by Gasteiger charge is -2.29. The molecule has 1 aliphatic rings. The molecule has 0 atom stereocenters. The number of hydrogen-bond donors (Lipinski definition) is 1. The molecule has 1 aromatic carbocycles. The first-order valence-corrected chi connectivity index (χ1v) is 6.32. The van der Waals surface area contributed by atoms with Crippen molar-refractivity contribution in [2.45, 2.75) is 18.8 Å². The van der Waals surface area contributed by atoms with Crippen LogP contribution in [0.1, 0.15) is 24.3 Å². The van der Waals surface area contributed by atoms with E-state index in [0.29, 0.717) is 12.5 Å². The van der Waals surface area contributed by atoms with Crippen molar-refractivity contribution in [3.8, 4) is 5.75 Å². The Balaban J connectivity index is 1.93. The van der Waals surface area contributed by atoms with E-state index in [0.717, 1.165) is 5.75 Å². The molecule has 0 amide bonds. The van der Waals surface area contributed by atoms with Gasteiger partial charge in [-0.1, -0.05) is 12.1 Å². The van der Waals surface area contributed by atoms with Crippen LogP contribution >= 0.6 is 0 Å². The summed E-state index contributed by atoms with van der Waals surface area (Å²) >= 11 is 0. The van der Waals surface area contributed by atoms with Gasteiger partial charge in [0.1, 0.15) is 12.4 Å². The molecule has 1 saturated heterocycles. The summed E-state index contributed by atoms with van der Waals surface area (Å²) in [6, 6.07) is 8.32. The molecule has 0 spiro atoms. The lowest BCUT2D eigenvalue weighted by atomic mass is 9.90. The van der Waals surface area contributed by atoms with E-state index in [4.69, 9.17) is 9.84 Å². The number of aliphatic hydroxyl groups excluding tert-OH is 1. The summed E-state index contributed by atoms with van der Waals surface area (Å²) in [7, 11) is 2.18. The smallest absolute Gasteiger partial charge is 0.119 e. The van der Waals surface area contributed by atoms with E-state index >= 15 is 0 Å². The molecule has 94 valence electrons. The van der Waals surface area contributed by atoms with E-state index in [-0.39, 0.29) is 6.61 Å². The second kappa shape index (κ2) is 6.03. The average Bonchev–Trinajstić information content (AvgIpc) is 2.38. The van der Waals surface area contributed by atoms with Gasteiger partial charge >= 0.3 is 0 Å². The molecular weight excluding hydrogens is 214 g/mol. The Labute approximate surface area is 103 Å². The molecule has 0 aliphatic carbocycles. The summed E-state index contributed by atoms with van der Waals surface area (Å²) in [6.07, 6.45) is 2.49. The molecule has 17 heavy (non-hydrogen) atoms. The number of rotatable bonds is 4. The van der Waals surface area contributed by atoms with Gasteiger partial charge in [0.15, 0.2) is 0 Å². The van der Waals surface area contributed by atoms with Crippen molar-refractivity contribution in [2.24, 2.45) is 0 Å². The summed E-state index contributed by atoms with van der Waals surface area (Å²) in [6.45, 7) is 2.81. The maximum atomic E-state index is 8.68. The molecule has 0 aromatic heterocycles. The third-order valence-corrected chi connectivity index (χ3v) is 3.43. The first-order chi connectivity index (χ1) is 8.29. The van der Waals surface area contributed by atoms with Gasteiger partial charge in [0.25, 0.3) is 0 Å². The highest BCUT2D eigenvalue weighted by molar-refractivity contribution is 5.29. The van der Waals surface area contributed by atoms with E-state index < -0.39 is 0 Å². The van der Waals surface area contributed by atoms with Crippen LogP contribution in [0.3, 0.4) is 0 Å². The largest absolute Gasteiger partial charge is 0.491 e. The van der Waals surface area contributed by atoms with Gasteiger partial charge in [0.2, 0.25) is 0 Å². The molecule has 1 fully saturated rings. The quantitative estimate of drug-likeness (QED) is 0.864. The lowest BCUT2D eigenvalue weighted by molar-refractivity contribution is 0.201. The predicted octanol–water partition coefficient (Wildman–Crippen LogP) is 1.87. The minimum atomic E-state index is 0.0662. The van der Waals surface area contributed by atoms with Gasteiger partial charge in [-0.25, -0.2) is 0 Å². The van der Waals surface area contributed by atoms with Crippen LogP contribution in [0.4, 0.5) is 0 Å². The van der Waals surface area contributed by atoms with Crippen LogP contribution in [0.5, 0.6) is 5.75 Å². The van der Waals surface area contributed by atoms with Crippen LogP contribution in [0.2, 0.25) is 0 Å². The van der Waals surface area contributed by atoms with E-state index in [1.807, 2.05) is 12.1 Å². The van der Waals surface area contributed by atoms with E-state index in [2.05, 4.69) is 24.1 Å². The van der Waals surface area contributed by atoms with Crippen LogP contribution in [0.15, 0.2) is 24.3 Å². The predicted molar refractivity (Wildman–Crippen MR) is 68.5 cm³/mol. The molecule has 2 rings (SSSR count). The average molecular weight is 235 g/mol. The molecule has 1 aromatic rings. The monoisotopic (exact) mass is 235 g/mol. The van der Waals surface area contributed by atoms with Crippen LogP contribution in [0.25, 0.3) is 0 Å². The summed E-state index contributed by atoms with van der Waals surface area (Å²) in [5.74, 6) is 1.54. The Hall–Kier alpha value is -1.06. The van der Waals surface area contributed by atoms with Gasteiger partial charge in [-0.05, 0) is 56.6 Å². The summed E-state index contributed by atoms with van der Waals surface area (Å²) < 4.78 is 5.36. The third kappa shape index (κ3) is 3.45. The Morgan fingerprint density at radius 1 is 1.24 bits per heavy atom. The maximum absolute atomic E-state index is 8.68. The maximum Gasteiger partial charge on any atom is 0.119 e. The van der Waals surface area contributed by atoms with E-state index in [1.165, 1.54) is 31.5 Å². The van der Waals surface area contributed by atoms with Crippen LogP contribution in [-0.4, -0.2) is 43.4 Å². The molecule has 1 aliphatic heterocycles. The van der Waals surface area contributed by atoms with E-state index in [1.54, 1.807) is 0 Å². The highest BCUT2D eigenvalue weighted by atomic mass is 16.5. The number of ether oxygens (including phenoxy) is 1. The van der Waals surface area contributed by atoms with E-state index in [9.17, 15) is 0 Å². The topological polar surface area (TPSA) is 32.7 Å². The fourth-order valence-corrected chi connectivity index (χ4v) is 2.34. The van der Waals surface area contributed by atoms with Gasteiger partial charge < -0.3 is 14.7 Å².